The van der Waals surface area contributed by atoms with Crippen LogP contribution >= 0.6 is 0 Å². The average molecular weight is 284 g/mol. The fourth-order valence-corrected chi connectivity index (χ4v) is 2.41. The van der Waals surface area contributed by atoms with E-state index >= 15 is 0 Å². The van der Waals surface area contributed by atoms with Gasteiger partial charge in [-0.1, -0.05) is 19.8 Å². The smallest absolute Gasteiger partial charge is 0.326 e. The van der Waals surface area contributed by atoms with E-state index < -0.39 is 12.0 Å². The lowest BCUT2D eigenvalue weighted by molar-refractivity contribution is -0.143. The van der Waals surface area contributed by atoms with Gasteiger partial charge >= 0.3 is 5.97 Å². The van der Waals surface area contributed by atoms with Crippen molar-refractivity contribution in [3.63, 3.8) is 0 Å². The second kappa shape index (κ2) is 7.87. The largest absolute Gasteiger partial charge is 0.480 e. The molecule has 1 fully saturated rings. The molecule has 0 bridgehead atoms. The summed E-state index contributed by atoms with van der Waals surface area (Å²) in [4.78, 5) is 36.1. The minimum atomic E-state index is -0.979. The summed E-state index contributed by atoms with van der Waals surface area (Å²) in [5.74, 6) is -1.34. The molecule has 0 aliphatic carbocycles. The highest BCUT2D eigenvalue weighted by atomic mass is 16.4. The Balaban J connectivity index is 2.45. The van der Waals surface area contributed by atoms with Crippen molar-refractivity contribution in [3.8, 4) is 0 Å². The quantitative estimate of drug-likeness (QED) is 0.762. The zero-order chi connectivity index (χ0) is 15.1. The predicted molar refractivity (Wildman–Crippen MR) is 74.1 cm³/mol. The molecule has 1 aliphatic rings. The first-order valence-corrected chi connectivity index (χ1v) is 7.24. The SMILES string of the molecule is CCCC[C@H](NC(=O)C1CCN(C(C)=O)CC1)C(=O)O. The molecule has 0 aromatic carbocycles. The van der Waals surface area contributed by atoms with Crippen LogP contribution in [0.3, 0.4) is 0 Å². The fraction of sp³-hybridized carbons (Fsp3) is 0.786. The van der Waals surface area contributed by atoms with Crippen LogP contribution in [0.1, 0.15) is 46.0 Å². The van der Waals surface area contributed by atoms with E-state index in [9.17, 15) is 14.4 Å². The third kappa shape index (κ3) is 4.83. The summed E-state index contributed by atoms with van der Waals surface area (Å²) in [7, 11) is 0. The molecule has 0 aromatic rings. The first kappa shape index (κ1) is 16.5. The molecule has 1 heterocycles. The van der Waals surface area contributed by atoms with E-state index in [-0.39, 0.29) is 17.7 Å². The molecule has 2 N–H and O–H groups in total. The number of nitrogens with one attached hydrogen (secondary N) is 1. The van der Waals surface area contributed by atoms with Crippen molar-refractivity contribution in [2.24, 2.45) is 5.92 Å². The molecule has 0 unspecified atom stereocenters. The second-order valence-electron chi connectivity index (χ2n) is 5.32. The van der Waals surface area contributed by atoms with Crippen molar-refractivity contribution >= 4 is 17.8 Å². The van der Waals surface area contributed by atoms with E-state index in [4.69, 9.17) is 5.11 Å². The lowest BCUT2D eigenvalue weighted by atomic mass is 9.95. The van der Waals surface area contributed by atoms with Gasteiger partial charge in [0.15, 0.2) is 0 Å². The minimum absolute atomic E-state index is 0.0233. The highest BCUT2D eigenvalue weighted by Crippen LogP contribution is 2.18. The topological polar surface area (TPSA) is 86.7 Å². The van der Waals surface area contributed by atoms with Gasteiger partial charge in [-0.05, 0) is 19.3 Å². The van der Waals surface area contributed by atoms with Crippen LogP contribution in [0.4, 0.5) is 0 Å². The molecule has 0 spiro atoms. The van der Waals surface area contributed by atoms with Gasteiger partial charge in [0.05, 0.1) is 0 Å². The number of carbonyl (C=O) groups is 3. The van der Waals surface area contributed by atoms with Crippen LogP contribution in [-0.4, -0.2) is 46.9 Å². The lowest BCUT2D eigenvalue weighted by Crippen LogP contribution is -2.47. The molecule has 1 atom stereocenters. The number of nitrogens with zero attached hydrogens (tertiary/aromatic N) is 1. The molecule has 114 valence electrons. The van der Waals surface area contributed by atoms with Crippen LogP contribution in [0.15, 0.2) is 0 Å². The lowest BCUT2D eigenvalue weighted by Gasteiger charge is -2.31. The zero-order valence-electron chi connectivity index (χ0n) is 12.2. The number of hydrogen-bond acceptors (Lipinski definition) is 3. The molecule has 1 rings (SSSR count). The number of rotatable bonds is 6. The normalized spacial score (nSPS) is 17.6. The Bertz CT molecular complexity index is 362. The van der Waals surface area contributed by atoms with Gasteiger partial charge in [0, 0.05) is 25.9 Å². The highest BCUT2D eigenvalue weighted by molar-refractivity contribution is 5.85. The van der Waals surface area contributed by atoms with Gasteiger partial charge in [-0.15, -0.1) is 0 Å². The Kier molecular flexibility index (Phi) is 6.48. The number of carbonyl (C=O) groups excluding carboxylic acids is 2. The first-order valence-electron chi connectivity index (χ1n) is 7.24. The van der Waals surface area contributed by atoms with E-state index in [1.807, 2.05) is 6.92 Å². The van der Waals surface area contributed by atoms with Gasteiger partial charge in [0.2, 0.25) is 11.8 Å². The van der Waals surface area contributed by atoms with Crippen LogP contribution in [0, 0.1) is 5.92 Å². The van der Waals surface area contributed by atoms with Crippen LogP contribution in [0.2, 0.25) is 0 Å². The summed E-state index contributed by atoms with van der Waals surface area (Å²) < 4.78 is 0. The monoisotopic (exact) mass is 284 g/mol. The van der Waals surface area contributed by atoms with Gasteiger partial charge in [-0.2, -0.15) is 0 Å². The summed E-state index contributed by atoms with van der Waals surface area (Å²) in [6.45, 7) is 4.64. The van der Waals surface area contributed by atoms with E-state index in [0.29, 0.717) is 32.4 Å². The van der Waals surface area contributed by atoms with Crippen LogP contribution in [-0.2, 0) is 14.4 Å². The number of carboxylic acids is 1. The van der Waals surface area contributed by atoms with Crippen LogP contribution in [0.25, 0.3) is 0 Å². The van der Waals surface area contributed by atoms with Gasteiger partial charge in [-0.25, -0.2) is 4.79 Å². The van der Waals surface area contributed by atoms with E-state index in [1.54, 1.807) is 4.90 Å². The summed E-state index contributed by atoms with van der Waals surface area (Å²) >= 11 is 0. The molecular formula is C14H24N2O4. The summed E-state index contributed by atoms with van der Waals surface area (Å²) in [5, 5.41) is 11.7. The van der Waals surface area contributed by atoms with Crippen molar-refractivity contribution < 1.29 is 19.5 Å². The predicted octanol–water partition coefficient (Wildman–Crippen LogP) is 1.00. The third-order valence-electron chi connectivity index (χ3n) is 3.77. The van der Waals surface area contributed by atoms with Crippen molar-refractivity contribution in [1.29, 1.82) is 0 Å². The maximum absolute atomic E-state index is 12.1. The molecule has 6 nitrogen and oxygen atoms in total. The minimum Gasteiger partial charge on any atom is -0.480 e. The van der Waals surface area contributed by atoms with Crippen molar-refractivity contribution in [2.75, 3.05) is 13.1 Å². The maximum atomic E-state index is 12.1. The number of likely N-dealkylation sites (tertiary alicyclic amines) is 1. The Hall–Kier alpha value is -1.59. The maximum Gasteiger partial charge on any atom is 0.326 e. The standard InChI is InChI=1S/C14H24N2O4/c1-3-4-5-12(14(19)20)15-13(18)11-6-8-16(9-7-11)10(2)17/h11-12H,3-9H2,1-2H3,(H,15,18)(H,19,20)/t12-/m0/s1. The molecule has 0 aromatic heterocycles. The molecule has 1 aliphatic heterocycles. The molecule has 6 heteroatoms. The summed E-state index contributed by atoms with van der Waals surface area (Å²) in [6, 6.07) is -0.798. The first-order chi connectivity index (χ1) is 9.45. The summed E-state index contributed by atoms with van der Waals surface area (Å²) in [6.07, 6.45) is 3.34. The van der Waals surface area contributed by atoms with Crippen molar-refractivity contribution in [1.82, 2.24) is 10.2 Å². The number of carboxylic acid groups (broad SMARTS) is 1. The second-order valence-corrected chi connectivity index (χ2v) is 5.32. The number of amides is 2. The number of hydrogen-bond donors (Lipinski definition) is 2. The van der Waals surface area contributed by atoms with Gasteiger partial charge in [0.25, 0.3) is 0 Å². The molecular weight excluding hydrogens is 260 g/mol. The zero-order valence-corrected chi connectivity index (χ0v) is 12.2. The molecule has 20 heavy (non-hydrogen) atoms. The number of piperidine rings is 1. The van der Waals surface area contributed by atoms with Crippen molar-refractivity contribution in [2.45, 2.75) is 52.0 Å². The van der Waals surface area contributed by atoms with Gasteiger partial charge < -0.3 is 15.3 Å². The Labute approximate surface area is 119 Å². The van der Waals surface area contributed by atoms with Gasteiger partial charge in [0.1, 0.15) is 6.04 Å². The summed E-state index contributed by atoms with van der Waals surface area (Å²) in [5.41, 5.74) is 0. The van der Waals surface area contributed by atoms with Crippen LogP contribution in [0.5, 0.6) is 0 Å². The molecule has 0 radical (unpaired) electrons. The van der Waals surface area contributed by atoms with E-state index in [1.165, 1.54) is 6.92 Å². The molecule has 1 saturated heterocycles. The Morgan fingerprint density at radius 3 is 2.35 bits per heavy atom. The fourth-order valence-electron chi connectivity index (χ4n) is 2.41. The Morgan fingerprint density at radius 2 is 1.90 bits per heavy atom. The van der Waals surface area contributed by atoms with E-state index in [0.717, 1.165) is 12.8 Å². The third-order valence-corrected chi connectivity index (χ3v) is 3.77. The molecule has 0 saturated carbocycles. The number of aliphatic carboxylic acids is 1. The average Bonchev–Trinajstić information content (AvgIpc) is 2.42. The van der Waals surface area contributed by atoms with Crippen LogP contribution < -0.4 is 5.32 Å². The highest BCUT2D eigenvalue weighted by Gasteiger charge is 2.28. The Morgan fingerprint density at radius 1 is 1.30 bits per heavy atom. The van der Waals surface area contributed by atoms with Gasteiger partial charge in [-0.3, -0.25) is 9.59 Å². The molecule has 2 amide bonds. The number of unbranched alkanes of at least 4 members (excludes halogenated alkanes) is 1. The van der Waals surface area contributed by atoms with Crippen molar-refractivity contribution in [3.05, 3.63) is 0 Å². The van der Waals surface area contributed by atoms with E-state index in [2.05, 4.69) is 5.32 Å².